The molecule has 138 valence electrons. The molecule has 0 amide bonds. The van der Waals surface area contributed by atoms with Crippen LogP contribution < -0.4 is 15.3 Å². The number of carbonyl (C=O) groups is 3. The van der Waals surface area contributed by atoms with Gasteiger partial charge >= 0.3 is 25.8 Å². The predicted octanol–water partition coefficient (Wildman–Crippen LogP) is -4.10. The average Bonchev–Trinajstić information content (AvgIpc) is 2.49. The summed E-state index contributed by atoms with van der Waals surface area (Å²) in [6.45, 7) is 3.87. The average molecular weight is 463 g/mol. The van der Waals surface area contributed by atoms with Crippen LogP contribution in [0, 0.1) is 0 Å². The normalized spacial score (nSPS) is 10.6. The fourth-order valence-corrected chi connectivity index (χ4v) is 0.523. The molecular weight excluding hydrogens is 445 g/mol. The Bertz CT molecular complexity index is 433. The Hall–Kier alpha value is -2.31. The number of carbonyl (C=O) groups excluding carboxylic acids is 3. The summed E-state index contributed by atoms with van der Waals surface area (Å²) < 4.78 is 0. The molecular formula is C12H18InN3O9. The molecule has 0 fully saturated rings. The topological polar surface area (TPSA) is 185 Å². The van der Waals surface area contributed by atoms with Crippen molar-refractivity contribution < 1.29 is 44.2 Å². The maximum Gasteiger partial charge on any atom is 3.00 e. The van der Waals surface area contributed by atoms with Crippen LogP contribution in [0.15, 0.2) is 15.5 Å². The predicted molar refractivity (Wildman–Crippen MR) is 81.1 cm³/mol. The van der Waals surface area contributed by atoms with Gasteiger partial charge < -0.3 is 44.2 Å². The Labute approximate surface area is 162 Å². The summed E-state index contributed by atoms with van der Waals surface area (Å²) in [4.78, 5) is 41.7. The van der Waals surface area contributed by atoms with E-state index in [1.807, 2.05) is 0 Å². The van der Waals surface area contributed by atoms with Gasteiger partial charge in [-0.3, -0.25) is 0 Å². The van der Waals surface area contributed by atoms with Crippen molar-refractivity contribution in [1.82, 2.24) is 0 Å². The molecule has 0 aliphatic heterocycles. The van der Waals surface area contributed by atoms with Gasteiger partial charge in [0.1, 0.15) is 21.3 Å². The minimum atomic E-state index is -1.31. The minimum Gasteiger partial charge on any atom is -0.543 e. The third kappa shape index (κ3) is 24.1. The van der Waals surface area contributed by atoms with Gasteiger partial charge in [-0.1, -0.05) is 15.5 Å². The molecule has 0 atom stereocenters. The molecule has 25 heavy (non-hydrogen) atoms. The van der Waals surface area contributed by atoms with Gasteiger partial charge in [-0.05, 0) is 20.8 Å². The van der Waals surface area contributed by atoms with Crippen LogP contribution in [0.5, 0.6) is 0 Å². The van der Waals surface area contributed by atoms with Crippen LogP contribution in [0.3, 0.4) is 0 Å². The summed E-state index contributed by atoms with van der Waals surface area (Å²) in [6.07, 6.45) is 0. The first kappa shape index (κ1) is 30.6. The number of aliphatic carboxylic acids is 3. The zero-order chi connectivity index (χ0) is 19.7. The molecule has 0 aromatic heterocycles. The van der Waals surface area contributed by atoms with Gasteiger partial charge in [-0.15, -0.1) is 0 Å². The molecule has 0 N–H and O–H groups in total. The number of carboxylic acids is 3. The SMILES string of the molecule is CON=C(C)C(=O)[O-].CON=C(C)C(=O)[O-].CON=C(C)C(=O)[O-].[In+3]. The van der Waals surface area contributed by atoms with Crippen molar-refractivity contribution in [3.05, 3.63) is 0 Å². The first-order chi connectivity index (χ1) is 11.0. The van der Waals surface area contributed by atoms with Crippen LogP contribution in [0.25, 0.3) is 0 Å². The van der Waals surface area contributed by atoms with Gasteiger partial charge in [-0.2, -0.15) is 0 Å². The molecule has 0 unspecified atom stereocenters. The molecule has 13 heteroatoms. The molecule has 0 aromatic carbocycles. The third-order valence-electron chi connectivity index (χ3n) is 1.57. The second-order valence-electron chi connectivity index (χ2n) is 3.44. The smallest absolute Gasteiger partial charge is 0.543 e. The van der Waals surface area contributed by atoms with E-state index in [2.05, 4.69) is 30.0 Å². The zero-order valence-corrected chi connectivity index (χ0v) is 17.9. The van der Waals surface area contributed by atoms with Gasteiger partial charge in [0.25, 0.3) is 0 Å². The van der Waals surface area contributed by atoms with Crippen molar-refractivity contribution >= 4 is 60.9 Å². The van der Waals surface area contributed by atoms with Crippen LogP contribution in [-0.4, -0.2) is 82.2 Å². The van der Waals surface area contributed by atoms with E-state index >= 15 is 0 Å². The van der Waals surface area contributed by atoms with Gasteiger partial charge in [0.2, 0.25) is 0 Å². The molecule has 0 saturated heterocycles. The number of carboxylic acid groups (broad SMARTS) is 3. The van der Waals surface area contributed by atoms with Gasteiger partial charge in [0.15, 0.2) is 0 Å². The number of rotatable bonds is 6. The Morgan fingerprint density at radius 2 is 0.760 bits per heavy atom. The molecule has 0 bridgehead atoms. The van der Waals surface area contributed by atoms with E-state index in [1.54, 1.807) is 0 Å². The minimum absolute atomic E-state index is 0. The maximum absolute atomic E-state index is 9.77. The first-order valence-corrected chi connectivity index (χ1v) is 5.92. The molecule has 0 aliphatic rings. The van der Waals surface area contributed by atoms with E-state index in [-0.39, 0.29) is 43.0 Å². The fraction of sp³-hybridized carbons (Fsp3) is 0.500. The standard InChI is InChI=1S/3C4H7NO3.In/c3*1-3(4(6)7)5-8-2;/h3*1-2H3,(H,6,7);/q;;;+3/p-3. The number of oxime groups is 3. The van der Waals surface area contributed by atoms with Crippen LogP contribution in [0.2, 0.25) is 0 Å². The summed E-state index contributed by atoms with van der Waals surface area (Å²) in [5, 5.41) is 38.5. The first-order valence-electron chi connectivity index (χ1n) is 5.92. The summed E-state index contributed by atoms with van der Waals surface area (Å²) in [5.41, 5.74) is -0.479. The van der Waals surface area contributed by atoms with Crippen molar-refractivity contribution in [3.63, 3.8) is 0 Å². The second-order valence-corrected chi connectivity index (χ2v) is 3.44. The van der Waals surface area contributed by atoms with Crippen molar-refractivity contribution in [2.24, 2.45) is 15.5 Å². The van der Waals surface area contributed by atoms with Crippen LogP contribution in [0.1, 0.15) is 20.8 Å². The summed E-state index contributed by atoms with van der Waals surface area (Å²) in [7, 11) is 3.81. The quantitative estimate of drug-likeness (QED) is 0.279. The molecule has 0 heterocycles. The zero-order valence-electron chi connectivity index (χ0n) is 14.6. The molecule has 0 rings (SSSR count). The van der Waals surface area contributed by atoms with Crippen LogP contribution >= 0.6 is 0 Å². The van der Waals surface area contributed by atoms with E-state index in [1.165, 1.54) is 42.1 Å². The molecule has 0 aliphatic carbocycles. The third-order valence-corrected chi connectivity index (χ3v) is 1.57. The summed E-state index contributed by atoms with van der Waals surface area (Å²) in [5.74, 6) is -3.94. The van der Waals surface area contributed by atoms with Gasteiger partial charge in [-0.25, -0.2) is 0 Å². The van der Waals surface area contributed by atoms with E-state index < -0.39 is 17.9 Å². The maximum atomic E-state index is 9.77. The van der Waals surface area contributed by atoms with Gasteiger partial charge in [0.05, 0.1) is 35.0 Å². The molecule has 12 nitrogen and oxygen atoms in total. The van der Waals surface area contributed by atoms with Crippen molar-refractivity contribution in [1.29, 1.82) is 0 Å². The van der Waals surface area contributed by atoms with Crippen LogP contribution in [0.4, 0.5) is 0 Å². The summed E-state index contributed by atoms with van der Waals surface area (Å²) in [6, 6.07) is 0. The monoisotopic (exact) mass is 463 g/mol. The Morgan fingerprint density at radius 3 is 0.800 bits per heavy atom. The number of hydrogen-bond donors (Lipinski definition) is 0. The molecule has 0 aromatic rings. The van der Waals surface area contributed by atoms with Crippen LogP contribution in [-0.2, 0) is 28.9 Å². The van der Waals surface area contributed by atoms with E-state index in [0.29, 0.717) is 0 Å². The van der Waals surface area contributed by atoms with Crippen molar-refractivity contribution in [2.75, 3.05) is 21.3 Å². The second kappa shape index (κ2) is 19.7. The largest absolute Gasteiger partial charge is 3.00 e. The van der Waals surface area contributed by atoms with Crippen molar-refractivity contribution in [2.45, 2.75) is 20.8 Å². The van der Waals surface area contributed by atoms with Crippen molar-refractivity contribution in [3.8, 4) is 0 Å². The number of hydrogen-bond acceptors (Lipinski definition) is 12. The number of nitrogens with zero attached hydrogens (tertiary/aromatic N) is 3. The van der Waals surface area contributed by atoms with Gasteiger partial charge in [0, 0.05) is 0 Å². The fourth-order valence-electron chi connectivity index (χ4n) is 0.523. The molecule has 0 radical (unpaired) electrons. The molecule has 0 spiro atoms. The Kier molecular flexibility index (Phi) is 24.1. The Morgan fingerprint density at radius 1 is 0.600 bits per heavy atom. The van der Waals surface area contributed by atoms with E-state index in [4.69, 9.17) is 0 Å². The molecule has 0 saturated carbocycles. The Balaban J connectivity index is -0.000000130. The van der Waals surface area contributed by atoms with E-state index in [0.717, 1.165) is 0 Å². The summed E-state index contributed by atoms with van der Waals surface area (Å²) >= 11 is 0. The van der Waals surface area contributed by atoms with E-state index in [9.17, 15) is 29.7 Å².